The van der Waals surface area contributed by atoms with Gasteiger partial charge in [0.1, 0.15) is 6.10 Å². The number of likely N-dealkylation sites (tertiary alicyclic amines) is 1. The maximum absolute atomic E-state index is 12.4. The summed E-state index contributed by atoms with van der Waals surface area (Å²) in [6.45, 7) is 4.69. The molecule has 4 rings (SSSR count). The van der Waals surface area contributed by atoms with Gasteiger partial charge in [0, 0.05) is 32.3 Å². The van der Waals surface area contributed by atoms with E-state index < -0.39 is 0 Å². The zero-order chi connectivity index (χ0) is 15.6. The number of ether oxygens (including phenoxy) is 2. The van der Waals surface area contributed by atoms with Gasteiger partial charge < -0.3 is 14.8 Å². The molecule has 3 saturated heterocycles. The molecule has 3 atom stereocenters. The van der Waals surface area contributed by atoms with Crippen molar-refractivity contribution in [2.75, 3.05) is 32.8 Å². The lowest BCUT2D eigenvalue weighted by atomic mass is 9.86. The lowest BCUT2D eigenvalue weighted by Crippen LogP contribution is -2.49. The number of piperidine rings is 1. The molecule has 0 aromatic rings. The monoisotopic (exact) mass is 322 g/mol. The maximum atomic E-state index is 12.4. The third-order valence-electron chi connectivity index (χ3n) is 6.37. The molecule has 0 aromatic carbocycles. The van der Waals surface area contributed by atoms with Gasteiger partial charge in [-0.2, -0.15) is 0 Å². The fourth-order valence-corrected chi connectivity index (χ4v) is 4.52. The van der Waals surface area contributed by atoms with Gasteiger partial charge in [-0.05, 0) is 56.9 Å². The van der Waals surface area contributed by atoms with Gasteiger partial charge in [0.25, 0.3) is 0 Å². The zero-order valence-corrected chi connectivity index (χ0v) is 14.0. The molecule has 4 fully saturated rings. The van der Waals surface area contributed by atoms with E-state index in [-0.39, 0.29) is 18.1 Å². The quantitative estimate of drug-likeness (QED) is 0.853. The molecule has 5 nitrogen and oxygen atoms in total. The lowest BCUT2D eigenvalue weighted by molar-refractivity contribution is -0.133. The first kappa shape index (κ1) is 15.9. The van der Waals surface area contributed by atoms with Crippen LogP contribution in [0.5, 0.6) is 0 Å². The Bertz CT molecular complexity index is 420. The van der Waals surface area contributed by atoms with Gasteiger partial charge in [-0.3, -0.25) is 9.69 Å². The fraction of sp³-hybridized carbons (Fsp3) is 0.944. The van der Waals surface area contributed by atoms with Gasteiger partial charge in [0.05, 0.1) is 6.10 Å². The van der Waals surface area contributed by atoms with Crippen molar-refractivity contribution in [2.24, 2.45) is 11.8 Å². The van der Waals surface area contributed by atoms with Crippen LogP contribution in [0, 0.1) is 11.8 Å². The molecule has 4 aliphatic rings. The summed E-state index contributed by atoms with van der Waals surface area (Å²) < 4.78 is 11.5. The third kappa shape index (κ3) is 3.57. The summed E-state index contributed by atoms with van der Waals surface area (Å²) in [5.74, 6) is 1.27. The SMILES string of the molecule is O=C(NCC1CCOCC1)[C@@H]1C[C@H]2CCN(C3CCC3)C[C@@H]2O1. The normalized spacial score (nSPS) is 36.4. The smallest absolute Gasteiger partial charge is 0.249 e. The third-order valence-corrected chi connectivity index (χ3v) is 6.37. The van der Waals surface area contributed by atoms with Crippen molar-refractivity contribution in [3.63, 3.8) is 0 Å². The molecule has 0 radical (unpaired) electrons. The van der Waals surface area contributed by atoms with Crippen LogP contribution in [-0.2, 0) is 14.3 Å². The minimum Gasteiger partial charge on any atom is -0.381 e. The predicted octanol–water partition coefficient (Wildman–Crippen LogP) is 1.56. The van der Waals surface area contributed by atoms with Crippen LogP contribution < -0.4 is 5.32 Å². The second kappa shape index (κ2) is 7.08. The zero-order valence-electron chi connectivity index (χ0n) is 14.0. The molecule has 23 heavy (non-hydrogen) atoms. The standard InChI is InChI=1S/C18H30N2O3/c21-18(19-11-13-5-8-22-9-6-13)16-10-14-4-7-20(12-17(14)23-16)15-2-1-3-15/h13-17H,1-12H2,(H,19,21)/t14-,16+,17+/m1/s1. The first-order chi connectivity index (χ1) is 11.3. The molecule has 0 aromatic heterocycles. The van der Waals surface area contributed by atoms with E-state index in [9.17, 15) is 4.79 Å². The van der Waals surface area contributed by atoms with Gasteiger partial charge in [-0.1, -0.05) is 6.42 Å². The van der Waals surface area contributed by atoms with E-state index in [1.807, 2.05) is 0 Å². The maximum Gasteiger partial charge on any atom is 0.249 e. The lowest BCUT2D eigenvalue weighted by Gasteiger charge is -2.43. The van der Waals surface area contributed by atoms with Gasteiger partial charge in [0.15, 0.2) is 0 Å². The van der Waals surface area contributed by atoms with Crippen molar-refractivity contribution in [3.05, 3.63) is 0 Å². The van der Waals surface area contributed by atoms with Crippen LogP contribution >= 0.6 is 0 Å². The van der Waals surface area contributed by atoms with E-state index in [1.54, 1.807) is 0 Å². The predicted molar refractivity (Wildman–Crippen MR) is 87.1 cm³/mol. The number of hydrogen-bond donors (Lipinski definition) is 1. The summed E-state index contributed by atoms with van der Waals surface area (Å²) in [7, 11) is 0. The van der Waals surface area contributed by atoms with Crippen LogP contribution in [0.15, 0.2) is 0 Å². The molecule has 3 heterocycles. The van der Waals surface area contributed by atoms with Gasteiger partial charge in [-0.15, -0.1) is 0 Å². The van der Waals surface area contributed by atoms with E-state index in [0.29, 0.717) is 11.8 Å². The molecule has 0 bridgehead atoms. The van der Waals surface area contributed by atoms with Crippen molar-refractivity contribution >= 4 is 5.91 Å². The van der Waals surface area contributed by atoms with Crippen LogP contribution in [0.1, 0.15) is 44.9 Å². The number of carbonyl (C=O) groups is 1. The van der Waals surface area contributed by atoms with E-state index in [2.05, 4.69) is 10.2 Å². The summed E-state index contributed by atoms with van der Waals surface area (Å²) in [6.07, 6.45) is 8.40. The Morgan fingerprint density at radius 2 is 1.96 bits per heavy atom. The molecule has 1 N–H and O–H groups in total. The first-order valence-electron chi connectivity index (χ1n) is 9.54. The molecular formula is C18H30N2O3. The van der Waals surface area contributed by atoms with Crippen molar-refractivity contribution < 1.29 is 14.3 Å². The molecule has 1 aliphatic carbocycles. The highest BCUT2D eigenvalue weighted by Crippen LogP contribution is 2.36. The first-order valence-corrected chi connectivity index (χ1v) is 9.54. The highest BCUT2D eigenvalue weighted by molar-refractivity contribution is 5.81. The number of carbonyl (C=O) groups excluding carboxylic acids is 1. The molecule has 130 valence electrons. The molecule has 5 heteroatoms. The summed E-state index contributed by atoms with van der Waals surface area (Å²) in [4.78, 5) is 15.0. The average molecular weight is 322 g/mol. The highest BCUT2D eigenvalue weighted by Gasteiger charge is 2.43. The molecule has 0 unspecified atom stereocenters. The van der Waals surface area contributed by atoms with Crippen LogP contribution in [0.3, 0.4) is 0 Å². The minimum absolute atomic E-state index is 0.112. The van der Waals surface area contributed by atoms with E-state index in [4.69, 9.17) is 9.47 Å². The van der Waals surface area contributed by atoms with Crippen molar-refractivity contribution in [1.29, 1.82) is 0 Å². The summed E-state index contributed by atoms with van der Waals surface area (Å²) in [5, 5.41) is 3.13. The molecule has 1 amide bonds. The second-order valence-corrected chi connectivity index (χ2v) is 7.83. The Kier molecular flexibility index (Phi) is 4.88. The summed E-state index contributed by atoms with van der Waals surface area (Å²) >= 11 is 0. The van der Waals surface area contributed by atoms with E-state index in [0.717, 1.165) is 51.6 Å². The fourth-order valence-electron chi connectivity index (χ4n) is 4.52. The molecule has 1 saturated carbocycles. The number of fused-ring (bicyclic) bond motifs is 1. The highest BCUT2D eigenvalue weighted by atomic mass is 16.5. The summed E-state index contributed by atoms with van der Waals surface area (Å²) in [6, 6.07) is 0.793. The minimum atomic E-state index is -0.216. The second-order valence-electron chi connectivity index (χ2n) is 7.83. The average Bonchev–Trinajstić information content (AvgIpc) is 2.95. The van der Waals surface area contributed by atoms with Crippen LogP contribution in [-0.4, -0.2) is 61.9 Å². The van der Waals surface area contributed by atoms with Crippen molar-refractivity contribution in [2.45, 2.75) is 63.2 Å². The Morgan fingerprint density at radius 1 is 1.13 bits per heavy atom. The Balaban J connectivity index is 1.23. The summed E-state index contributed by atoms with van der Waals surface area (Å²) in [5.41, 5.74) is 0. The number of rotatable bonds is 4. The van der Waals surface area contributed by atoms with E-state index in [1.165, 1.54) is 32.2 Å². The molecular weight excluding hydrogens is 292 g/mol. The van der Waals surface area contributed by atoms with Gasteiger partial charge in [-0.25, -0.2) is 0 Å². The van der Waals surface area contributed by atoms with Crippen LogP contribution in [0.25, 0.3) is 0 Å². The number of nitrogens with zero attached hydrogens (tertiary/aromatic N) is 1. The van der Waals surface area contributed by atoms with Crippen molar-refractivity contribution in [3.8, 4) is 0 Å². The Hall–Kier alpha value is -0.650. The largest absolute Gasteiger partial charge is 0.381 e. The number of amides is 1. The van der Waals surface area contributed by atoms with Gasteiger partial charge >= 0.3 is 0 Å². The van der Waals surface area contributed by atoms with Crippen molar-refractivity contribution in [1.82, 2.24) is 10.2 Å². The number of nitrogens with one attached hydrogen (secondary N) is 1. The number of hydrogen-bond acceptors (Lipinski definition) is 4. The van der Waals surface area contributed by atoms with Crippen LogP contribution in [0.2, 0.25) is 0 Å². The van der Waals surface area contributed by atoms with Gasteiger partial charge in [0.2, 0.25) is 5.91 Å². The molecule has 0 spiro atoms. The van der Waals surface area contributed by atoms with Crippen LogP contribution in [0.4, 0.5) is 0 Å². The Labute approximate surface area is 139 Å². The topological polar surface area (TPSA) is 50.8 Å². The van der Waals surface area contributed by atoms with E-state index >= 15 is 0 Å². The Morgan fingerprint density at radius 3 is 2.70 bits per heavy atom. The molecule has 3 aliphatic heterocycles.